The fourth-order valence-electron chi connectivity index (χ4n) is 7.37. The molecule has 7 rings (SSSR count). The number of aromatic hydroxyl groups is 2. The molecule has 3 aliphatic heterocycles. The summed E-state index contributed by atoms with van der Waals surface area (Å²) in [4.78, 5) is 4.67. The summed E-state index contributed by atoms with van der Waals surface area (Å²) in [6, 6.07) is 18.1. The third-order valence-electron chi connectivity index (χ3n) is 9.90. The molecule has 0 aromatic heterocycles. The zero-order valence-electron chi connectivity index (χ0n) is 26.5. The molecule has 0 unspecified atom stereocenters. The van der Waals surface area contributed by atoms with E-state index >= 15 is 0 Å². The highest BCUT2D eigenvalue weighted by Gasteiger charge is 2.34. The number of nitrogens with zero attached hydrogens (tertiary/aromatic N) is 2. The lowest BCUT2D eigenvalue weighted by Crippen LogP contribution is -2.34. The SMILES string of the molecule is COc1cc2c3cc1Oc1c(O)c(OC)cc4c1[C@H](Cc1ccc(O)c(c1)-c1cc(ccc1OC)C[C@H]3N(C)CC2)N(C)CC4. The molecule has 3 heterocycles. The van der Waals surface area contributed by atoms with Gasteiger partial charge in [0.1, 0.15) is 11.5 Å². The van der Waals surface area contributed by atoms with Gasteiger partial charge >= 0.3 is 0 Å². The maximum Gasteiger partial charge on any atom is 0.201 e. The van der Waals surface area contributed by atoms with Crippen LogP contribution in [0, 0.1) is 0 Å². The van der Waals surface area contributed by atoms with Gasteiger partial charge in [-0.2, -0.15) is 0 Å². The Hall–Kier alpha value is -4.40. The number of phenolic OH excluding ortho intramolecular Hbond substituents is 2. The summed E-state index contributed by atoms with van der Waals surface area (Å²) in [6.45, 7) is 1.74. The van der Waals surface area contributed by atoms with Gasteiger partial charge in [0.2, 0.25) is 5.75 Å². The lowest BCUT2D eigenvalue weighted by Gasteiger charge is -2.37. The average Bonchev–Trinajstić information content (AvgIpc) is 3.05. The van der Waals surface area contributed by atoms with E-state index in [1.807, 2.05) is 18.2 Å². The van der Waals surface area contributed by atoms with E-state index in [1.54, 1.807) is 27.4 Å². The Morgan fingerprint density at radius 2 is 1.31 bits per heavy atom. The summed E-state index contributed by atoms with van der Waals surface area (Å²) < 4.78 is 24.1. The Balaban J connectivity index is 1.51. The van der Waals surface area contributed by atoms with Crippen LogP contribution in [0.25, 0.3) is 11.1 Å². The zero-order valence-corrected chi connectivity index (χ0v) is 26.5. The molecule has 4 aromatic rings. The molecule has 0 spiro atoms. The van der Waals surface area contributed by atoms with Crippen LogP contribution in [0.5, 0.6) is 40.2 Å². The minimum absolute atomic E-state index is 0.0304. The normalized spacial score (nSPS) is 19.3. The number of hydrogen-bond acceptors (Lipinski definition) is 8. The van der Waals surface area contributed by atoms with Crippen molar-refractivity contribution in [2.24, 2.45) is 0 Å². The molecule has 0 fully saturated rings. The molecule has 3 aliphatic rings. The van der Waals surface area contributed by atoms with Gasteiger partial charge in [0, 0.05) is 41.9 Å². The van der Waals surface area contributed by atoms with E-state index < -0.39 is 0 Å². The van der Waals surface area contributed by atoms with Crippen LogP contribution < -0.4 is 18.9 Å². The van der Waals surface area contributed by atoms with Gasteiger partial charge in [0.25, 0.3) is 0 Å². The number of fused-ring (bicyclic) bond motifs is 6. The second kappa shape index (κ2) is 11.5. The first-order valence-electron chi connectivity index (χ1n) is 15.5. The molecule has 234 valence electrons. The van der Waals surface area contributed by atoms with Gasteiger partial charge < -0.3 is 29.2 Å². The number of phenols is 2. The quantitative estimate of drug-likeness (QED) is 0.275. The topological polar surface area (TPSA) is 83.9 Å². The molecule has 0 saturated heterocycles. The molecule has 45 heavy (non-hydrogen) atoms. The van der Waals surface area contributed by atoms with E-state index in [-0.39, 0.29) is 23.6 Å². The van der Waals surface area contributed by atoms with Crippen LogP contribution in [-0.4, -0.2) is 68.5 Å². The van der Waals surface area contributed by atoms with Gasteiger partial charge in [0.05, 0.1) is 21.3 Å². The van der Waals surface area contributed by atoms with Gasteiger partial charge in [-0.05, 0) is 110 Å². The predicted molar refractivity (Wildman–Crippen MR) is 173 cm³/mol. The molecule has 0 radical (unpaired) electrons. The number of ether oxygens (including phenoxy) is 4. The minimum Gasteiger partial charge on any atom is -0.507 e. The van der Waals surface area contributed by atoms with Crippen molar-refractivity contribution in [3.05, 3.63) is 88.0 Å². The Labute approximate surface area is 264 Å². The summed E-state index contributed by atoms with van der Waals surface area (Å²) >= 11 is 0. The second-order valence-electron chi connectivity index (χ2n) is 12.4. The summed E-state index contributed by atoms with van der Waals surface area (Å²) in [5.41, 5.74) is 8.16. The van der Waals surface area contributed by atoms with Gasteiger partial charge in [-0.3, -0.25) is 9.80 Å². The number of benzene rings is 4. The van der Waals surface area contributed by atoms with Crippen molar-refractivity contribution in [3.63, 3.8) is 0 Å². The van der Waals surface area contributed by atoms with E-state index in [9.17, 15) is 10.2 Å². The Bertz CT molecular complexity index is 1790. The molecule has 8 heteroatoms. The highest BCUT2D eigenvalue weighted by atomic mass is 16.5. The number of rotatable bonds is 3. The third kappa shape index (κ3) is 5.02. The molecular weight excluding hydrogens is 568 g/mol. The van der Waals surface area contributed by atoms with Crippen molar-refractivity contribution < 1.29 is 29.2 Å². The Morgan fingerprint density at radius 3 is 2.04 bits per heavy atom. The first-order valence-corrected chi connectivity index (χ1v) is 15.5. The predicted octanol–water partition coefficient (Wildman–Crippen LogP) is 6.44. The summed E-state index contributed by atoms with van der Waals surface area (Å²) in [5, 5.41) is 22.8. The minimum atomic E-state index is -0.110. The van der Waals surface area contributed by atoms with Crippen LogP contribution >= 0.6 is 0 Å². The molecule has 8 nitrogen and oxygen atoms in total. The molecule has 6 bridgehead atoms. The van der Waals surface area contributed by atoms with Crippen LogP contribution in [0.15, 0.2) is 54.6 Å². The van der Waals surface area contributed by atoms with E-state index in [0.717, 1.165) is 65.7 Å². The largest absolute Gasteiger partial charge is 0.507 e. The van der Waals surface area contributed by atoms with E-state index in [1.165, 1.54) is 11.1 Å². The van der Waals surface area contributed by atoms with E-state index in [2.05, 4.69) is 54.2 Å². The van der Waals surface area contributed by atoms with Crippen molar-refractivity contribution in [1.82, 2.24) is 9.80 Å². The van der Waals surface area contributed by atoms with Crippen molar-refractivity contribution in [3.8, 4) is 51.4 Å². The first kappa shape index (κ1) is 29.3. The zero-order chi connectivity index (χ0) is 31.4. The highest BCUT2D eigenvalue weighted by molar-refractivity contribution is 5.77. The van der Waals surface area contributed by atoms with Gasteiger partial charge in [-0.15, -0.1) is 0 Å². The smallest absolute Gasteiger partial charge is 0.201 e. The fourth-order valence-corrected chi connectivity index (χ4v) is 7.37. The summed E-state index contributed by atoms with van der Waals surface area (Å²) in [7, 11) is 9.15. The molecular formula is C37H40N2O6. The third-order valence-corrected chi connectivity index (χ3v) is 9.90. The van der Waals surface area contributed by atoms with Crippen molar-refractivity contribution in [2.45, 2.75) is 37.8 Å². The van der Waals surface area contributed by atoms with Gasteiger partial charge in [-0.25, -0.2) is 0 Å². The standard InChI is InChI=1S/C37H40N2O6/c1-38-12-10-23-18-32(43-4)33-20-25(23)28(38)16-22-7-9-31(42-3)27(15-22)26-14-21(6-8-30(26)40)17-29-35-24(11-13-39(29)2)19-34(44-5)36(41)37(35)45-33/h6-9,14-15,18-20,28-29,40-41H,10-13,16-17H2,1-5H3/t28-,29+/m1/s1. The lowest BCUT2D eigenvalue weighted by atomic mass is 9.86. The Kier molecular flexibility index (Phi) is 7.50. The van der Waals surface area contributed by atoms with Crippen LogP contribution in [-0.2, 0) is 25.7 Å². The molecule has 2 atom stereocenters. The molecule has 0 saturated carbocycles. The van der Waals surface area contributed by atoms with Crippen LogP contribution in [0.2, 0.25) is 0 Å². The van der Waals surface area contributed by atoms with Gasteiger partial charge in [-0.1, -0.05) is 12.1 Å². The van der Waals surface area contributed by atoms with Crippen molar-refractivity contribution >= 4 is 0 Å². The lowest BCUT2D eigenvalue weighted by molar-refractivity contribution is 0.220. The molecule has 0 amide bonds. The maximum absolute atomic E-state index is 11.6. The summed E-state index contributed by atoms with van der Waals surface area (Å²) in [6.07, 6.45) is 3.06. The number of hydrogen-bond donors (Lipinski definition) is 2. The average molecular weight is 609 g/mol. The maximum atomic E-state index is 11.6. The fraction of sp³-hybridized carbons (Fsp3) is 0.351. The van der Waals surface area contributed by atoms with Crippen molar-refractivity contribution in [2.75, 3.05) is 48.5 Å². The molecule has 2 N–H and O–H groups in total. The summed E-state index contributed by atoms with van der Waals surface area (Å²) in [5.74, 6) is 2.84. The molecule has 0 aliphatic carbocycles. The van der Waals surface area contributed by atoms with Crippen molar-refractivity contribution in [1.29, 1.82) is 0 Å². The van der Waals surface area contributed by atoms with Gasteiger partial charge in [0.15, 0.2) is 23.0 Å². The second-order valence-corrected chi connectivity index (χ2v) is 12.4. The van der Waals surface area contributed by atoms with E-state index in [4.69, 9.17) is 18.9 Å². The van der Waals surface area contributed by atoms with Crippen LogP contribution in [0.4, 0.5) is 0 Å². The molecule has 4 aromatic carbocycles. The first-order chi connectivity index (χ1) is 21.8. The van der Waals surface area contributed by atoms with Crippen LogP contribution in [0.3, 0.4) is 0 Å². The highest BCUT2D eigenvalue weighted by Crippen LogP contribution is 2.51. The Morgan fingerprint density at radius 1 is 0.689 bits per heavy atom. The number of methoxy groups -OCH3 is 3. The monoisotopic (exact) mass is 608 g/mol. The number of likely N-dealkylation sites (N-methyl/N-ethyl adjacent to an activating group) is 2. The van der Waals surface area contributed by atoms with Crippen LogP contribution in [0.1, 0.15) is 45.5 Å². The van der Waals surface area contributed by atoms with E-state index in [0.29, 0.717) is 35.2 Å².